The van der Waals surface area contributed by atoms with Crippen LogP contribution in [0.15, 0.2) is 0 Å². The highest BCUT2D eigenvalue weighted by molar-refractivity contribution is 5.90. The van der Waals surface area contributed by atoms with E-state index in [2.05, 4.69) is 5.32 Å². The number of carbonyl (C=O) groups excluding carboxylic acids is 1. The number of rotatable bonds is 4. The van der Waals surface area contributed by atoms with E-state index in [0.29, 0.717) is 11.8 Å². The van der Waals surface area contributed by atoms with Gasteiger partial charge in [-0.05, 0) is 50.4 Å². The Morgan fingerprint density at radius 3 is 2.24 bits per heavy atom. The van der Waals surface area contributed by atoms with Gasteiger partial charge in [-0.2, -0.15) is 0 Å². The molecule has 4 heteroatoms. The van der Waals surface area contributed by atoms with Crippen molar-refractivity contribution in [2.75, 3.05) is 0 Å². The maximum absolute atomic E-state index is 12.1. The van der Waals surface area contributed by atoms with Gasteiger partial charge in [-0.3, -0.25) is 4.79 Å². The number of nitrogens with one attached hydrogen (secondary N) is 1. The van der Waals surface area contributed by atoms with E-state index in [1.54, 1.807) is 6.92 Å². The second kappa shape index (κ2) is 3.47. The molecular formula is C13H19NO3. The van der Waals surface area contributed by atoms with E-state index in [-0.39, 0.29) is 17.7 Å². The Morgan fingerprint density at radius 1 is 1.18 bits per heavy atom. The van der Waals surface area contributed by atoms with Crippen LogP contribution in [0.4, 0.5) is 0 Å². The second-order valence-corrected chi connectivity index (χ2v) is 6.06. The lowest BCUT2D eigenvalue weighted by Crippen LogP contribution is -2.54. The molecule has 0 aromatic carbocycles. The van der Waals surface area contributed by atoms with Gasteiger partial charge in [0.15, 0.2) is 0 Å². The summed E-state index contributed by atoms with van der Waals surface area (Å²) < 4.78 is 0. The molecule has 3 fully saturated rings. The topological polar surface area (TPSA) is 66.4 Å². The maximum atomic E-state index is 12.1. The van der Waals surface area contributed by atoms with E-state index in [1.807, 2.05) is 0 Å². The molecule has 0 aromatic heterocycles. The fourth-order valence-corrected chi connectivity index (χ4v) is 3.54. The number of carbonyl (C=O) groups is 2. The third-order valence-electron chi connectivity index (χ3n) is 4.93. The van der Waals surface area contributed by atoms with Crippen LogP contribution in [0.1, 0.15) is 39.0 Å². The first-order valence-electron chi connectivity index (χ1n) is 6.59. The second-order valence-electron chi connectivity index (χ2n) is 6.06. The first kappa shape index (κ1) is 11.1. The highest BCUT2D eigenvalue weighted by Crippen LogP contribution is 2.57. The van der Waals surface area contributed by atoms with E-state index < -0.39 is 11.5 Å². The van der Waals surface area contributed by atoms with Crippen molar-refractivity contribution in [2.24, 2.45) is 23.7 Å². The lowest BCUT2D eigenvalue weighted by atomic mass is 9.95. The Balaban J connectivity index is 1.65. The Morgan fingerprint density at radius 2 is 1.76 bits per heavy atom. The first-order valence-corrected chi connectivity index (χ1v) is 6.59. The number of hydrogen-bond donors (Lipinski definition) is 2. The van der Waals surface area contributed by atoms with Crippen LogP contribution in [0, 0.1) is 23.7 Å². The average molecular weight is 237 g/mol. The number of fused-ring (bicyclic) bond motifs is 1. The monoisotopic (exact) mass is 237 g/mol. The zero-order valence-electron chi connectivity index (χ0n) is 10.1. The molecule has 2 N–H and O–H groups in total. The van der Waals surface area contributed by atoms with Gasteiger partial charge in [-0.1, -0.05) is 6.42 Å². The van der Waals surface area contributed by atoms with Crippen molar-refractivity contribution in [3.63, 3.8) is 0 Å². The van der Waals surface area contributed by atoms with Crippen molar-refractivity contribution >= 4 is 11.9 Å². The van der Waals surface area contributed by atoms with Crippen molar-refractivity contribution in [1.82, 2.24) is 5.32 Å². The van der Waals surface area contributed by atoms with Gasteiger partial charge in [0.2, 0.25) is 5.91 Å². The summed E-state index contributed by atoms with van der Waals surface area (Å²) in [4.78, 5) is 23.4. The van der Waals surface area contributed by atoms with Gasteiger partial charge in [0, 0.05) is 5.92 Å². The predicted molar refractivity (Wildman–Crippen MR) is 61.2 cm³/mol. The molecule has 4 nitrogen and oxygen atoms in total. The lowest BCUT2D eigenvalue weighted by Gasteiger charge is -2.26. The zero-order valence-corrected chi connectivity index (χ0v) is 10.1. The first-order chi connectivity index (χ1) is 8.04. The lowest BCUT2D eigenvalue weighted by molar-refractivity contribution is -0.148. The van der Waals surface area contributed by atoms with E-state index in [1.165, 1.54) is 6.42 Å². The summed E-state index contributed by atoms with van der Waals surface area (Å²) >= 11 is 0. The minimum atomic E-state index is -1.03. The quantitative estimate of drug-likeness (QED) is 0.776. The largest absolute Gasteiger partial charge is 0.480 e. The molecule has 3 aliphatic carbocycles. The molecule has 0 radical (unpaired) electrons. The third kappa shape index (κ3) is 1.65. The summed E-state index contributed by atoms with van der Waals surface area (Å²) in [6.45, 7) is 1.66. The molecule has 3 rings (SSSR count). The summed E-state index contributed by atoms with van der Waals surface area (Å²) in [5, 5.41) is 12.1. The Kier molecular flexibility index (Phi) is 2.25. The molecule has 0 aliphatic heterocycles. The zero-order chi connectivity index (χ0) is 12.2. The number of aliphatic carboxylic acids is 1. The van der Waals surface area contributed by atoms with E-state index in [4.69, 9.17) is 0 Å². The van der Waals surface area contributed by atoms with Crippen molar-refractivity contribution < 1.29 is 14.7 Å². The highest BCUT2D eigenvalue weighted by atomic mass is 16.4. The molecule has 0 saturated heterocycles. The molecular weight excluding hydrogens is 218 g/mol. The van der Waals surface area contributed by atoms with Crippen LogP contribution >= 0.6 is 0 Å². The minimum absolute atomic E-state index is 0.0171. The van der Waals surface area contributed by atoms with Gasteiger partial charge in [0.25, 0.3) is 0 Å². The summed E-state index contributed by atoms with van der Waals surface area (Å²) in [7, 11) is 0. The third-order valence-corrected chi connectivity index (χ3v) is 4.93. The molecule has 0 unspecified atom stereocenters. The van der Waals surface area contributed by atoms with E-state index in [0.717, 1.165) is 25.7 Å². The summed E-state index contributed by atoms with van der Waals surface area (Å²) in [5.74, 6) is 0.430. The normalized spacial score (nSPS) is 38.1. The fourth-order valence-electron chi connectivity index (χ4n) is 3.54. The fraction of sp³-hybridized carbons (Fsp3) is 0.846. The van der Waals surface area contributed by atoms with Gasteiger partial charge in [0.1, 0.15) is 5.54 Å². The van der Waals surface area contributed by atoms with Crippen LogP contribution in [0.2, 0.25) is 0 Å². The molecule has 0 heterocycles. The van der Waals surface area contributed by atoms with E-state index >= 15 is 0 Å². The molecule has 0 aromatic rings. The molecule has 0 spiro atoms. The van der Waals surface area contributed by atoms with Crippen LogP contribution in [-0.4, -0.2) is 22.5 Å². The van der Waals surface area contributed by atoms with Gasteiger partial charge in [-0.15, -0.1) is 0 Å². The summed E-state index contributed by atoms with van der Waals surface area (Å²) in [6.07, 6.45) is 5.37. The molecule has 1 amide bonds. The standard InChI is InChI=1S/C13H19NO3/c1-13(12(16)17,7-5-6-7)14-11(15)10-8-3-2-4-9(8)10/h7-10H,2-6H2,1H3,(H,14,15)(H,16,17)/t8-,9-,13-/m1/s1. The summed E-state index contributed by atoms with van der Waals surface area (Å²) in [6, 6.07) is 0. The van der Waals surface area contributed by atoms with Gasteiger partial charge < -0.3 is 10.4 Å². The molecule has 3 saturated carbocycles. The molecule has 0 bridgehead atoms. The van der Waals surface area contributed by atoms with Crippen molar-refractivity contribution in [2.45, 2.75) is 44.6 Å². The number of carboxylic acids is 1. The maximum Gasteiger partial charge on any atom is 0.329 e. The van der Waals surface area contributed by atoms with Gasteiger partial charge in [0.05, 0.1) is 0 Å². The van der Waals surface area contributed by atoms with Crippen LogP contribution in [0.3, 0.4) is 0 Å². The smallest absolute Gasteiger partial charge is 0.329 e. The van der Waals surface area contributed by atoms with Crippen LogP contribution in [0.5, 0.6) is 0 Å². The van der Waals surface area contributed by atoms with Crippen LogP contribution in [-0.2, 0) is 9.59 Å². The van der Waals surface area contributed by atoms with Crippen molar-refractivity contribution in [3.05, 3.63) is 0 Å². The van der Waals surface area contributed by atoms with Crippen molar-refractivity contribution in [3.8, 4) is 0 Å². The van der Waals surface area contributed by atoms with Crippen LogP contribution < -0.4 is 5.32 Å². The molecule has 17 heavy (non-hydrogen) atoms. The average Bonchev–Trinajstić information content (AvgIpc) is 3.17. The molecule has 3 aliphatic rings. The van der Waals surface area contributed by atoms with Crippen LogP contribution in [0.25, 0.3) is 0 Å². The Labute approximate surface area is 101 Å². The minimum Gasteiger partial charge on any atom is -0.480 e. The Bertz CT molecular complexity index is 367. The number of amides is 1. The summed E-state index contributed by atoms with van der Waals surface area (Å²) in [5.41, 5.74) is -1.03. The van der Waals surface area contributed by atoms with Gasteiger partial charge >= 0.3 is 5.97 Å². The molecule has 94 valence electrons. The Hall–Kier alpha value is -1.06. The molecule has 3 atom stereocenters. The van der Waals surface area contributed by atoms with Gasteiger partial charge in [-0.25, -0.2) is 4.79 Å². The van der Waals surface area contributed by atoms with E-state index in [9.17, 15) is 14.7 Å². The number of hydrogen-bond acceptors (Lipinski definition) is 2. The highest BCUT2D eigenvalue weighted by Gasteiger charge is 2.58. The SMILES string of the molecule is C[C@](NC(=O)C1[C@@H]2CCC[C@@H]12)(C(=O)O)C1CC1. The van der Waals surface area contributed by atoms with Crippen molar-refractivity contribution in [1.29, 1.82) is 0 Å². The number of carboxylic acid groups (broad SMARTS) is 1. The predicted octanol–water partition coefficient (Wildman–Crippen LogP) is 1.40.